The zero-order valence-electron chi connectivity index (χ0n) is 13.6. The third-order valence-corrected chi connectivity index (χ3v) is 4.37. The first-order valence-corrected chi connectivity index (χ1v) is 8.36. The third-order valence-electron chi connectivity index (χ3n) is 4.37. The molecule has 1 fully saturated rings. The van der Waals surface area contributed by atoms with E-state index in [2.05, 4.69) is 50.4 Å². The average molecular weight is 288 g/mol. The van der Waals surface area contributed by atoms with Crippen LogP contribution in [0.25, 0.3) is 0 Å². The molecular formula is C18H28N2O. The smallest absolute Gasteiger partial charge is 0.241 e. The third kappa shape index (κ3) is 3.65. The minimum atomic E-state index is -0.0255. The monoisotopic (exact) mass is 288 g/mol. The zero-order valence-corrected chi connectivity index (χ0v) is 13.6. The first-order valence-electron chi connectivity index (χ1n) is 8.36. The van der Waals surface area contributed by atoms with Crippen molar-refractivity contribution in [2.24, 2.45) is 0 Å². The Bertz CT molecular complexity index is 455. The van der Waals surface area contributed by atoms with Crippen molar-refractivity contribution >= 4 is 5.91 Å². The highest BCUT2D eigenvalue weighted by Crippen LogP contribution is 2.27. The van der Waals surface area contributed by atoms with Gasteiger partial charge in [-0.1, -0.05) is 57.9 Å². The van der Waals surface area contributed by atoms with Crippen LogP contribution in [0.15, 0.2) is 24.3 Å². The van der Waals surface area contributed by atoms with Crippen molar-refractivity contribution < 1.29 is 4.79 Å². The molecule has 0 saturated carbocycles. The first kappa shape index (κ1) is 16.0. The van der Waals surface area contributed by atoms with Crippen LogP contribution >= 0.6 is 0 Å². The number of amides is 1. The number of hydrogen-bond acceptors (Lipinski definition) is 2. The van der Waals surface area contributed by atoms with Crippen LogP contribution in [0.5, 0.6) is 0 Å². The van der Waals surface area contributed by atoms with E-state index in [0.29, 0.717) is 0 Å². The van der Waals surface area contributed by atoms with Crippen molar-refractivity contribution in [1.29, 1.82) is 0 Å². The molecule has 0 radical (unpaired) electrons. The van der Waals surface area contributed by atoms with Gasteiger partial charge in [-0.3, -0.25) is 10.1 Å². The molecule has 21 heavy (non-hydrogen) atoms. The average Bonchev–Trinajstić information content (AvgIpc) is 2.84. The second-order valence-corrected chi connectivity index (χ2v) is 5.86. The molecule has 0 bridgehead atoms. The van der Waals surface area contributed by atoms with Gasteiger partial charge in [-0.2, -0.15) is 0 Å². The second-order valence-electron chi connectivity index (χ2n) is 5.86. The maximum atomic E-state index is 12.5. The molecule has 116 valence electrons. The van der Waals surface area contributed by atoms with Gasteiger partial charge < -0.3 is 4.90 Å². The Kier molecular flexibility index (Phi) is 5.80. The molecule has 2 atom stereocenters. The predicted octanol–water partition coefficient (Wildman–Crippen LogP) is 3.65. The summed E-state index contributed by atoms with van der Waals surface area (Å²) in [4.78, 5) is 14.5. The predicted molar refractivity (Wildman–Crippen MR) is 87.0 cm³/mol. The van der Waals surface area contributed by atoms with Crippen LogP contribution in [0.3, 0.4) is 0 Å². The lowest BCUT2D eigenvalue weighted by Gasteiger charge is -2.24. The molecule has 3 nitrogen and oxygen atoms in total. The molecular weight excluding hydrogens is 260 g/mol. The van der Waals surface area contributed by atoms with E-state index >= 15 is 0 Å². The molecule has 1 aromatic rings. The van der Waals surface area contributed by atoms with Crippen molar-refractivity contribution in [3.63, 3.8) is 0 Å². The number of benzene rings is 1. The molecule has 1 aliphatic rings. The van der Waals surface area contributed by atoms with Crippen LogP contribution in [0.4, 0.5) is 0 Å². The molecule has 1 N–H and O–H groups in total. The fraction of sp³-hybridized carbons (Fsp3) is 0.611. The van der Waals surface area contributed by atoms with Crippen LogP contribution in [0, 0.1) is 0 Å². The first-order chi connectivity index (χ1) is 10.2. The number of hydrogen-bond donors (Lipinski definition) is 1. The SMILES string of the molecule is CCCCCN1C(=O)C(CC)NC1c1ccc(CC)cc1. The molecule has 1 aliphatic heterocycles. The molecule has 2 unspecified atom stereocenters. The number of nitrogens with one attached hydrogen (secondary N) is 1. The van der Waals surface area contributed by atoms with Gasteiger partial charge in [0.05, 0.1) is 6.04 Å². The highest BCUT2D eigenvalue weighted by atomic mass is 16.2. The maximum absolute atomic E-state index is 12.5. The Hall–Kier alpha value is -1.35. The highest BCUT2D eigenvalue weighted by Gasteiger charge is 2.37. The Morgan fingerprint density at radius 1 is 1.10 bits per heavy atom. The van der Waals surface area contributed by atoms with Crippen molar-refractivity contribution in [1.82, 2.24) is 10.2 Å². The van der Waals surface area contributed by atoms with Gasteiger partial charge >= 0.3 is 0 Å². The minimum absolute atomic E-state index is 0.0255. The van der Waals surface area contributed by atoms with Crippen molar-refractivity contribution in [3.8, 4) is 0 Å². The van der Waals surface area contributed by atoms with Crippen molar-refractivity contribution in [2.75, 3.05) is 6.54 Å². The fourth-order valence-corrected chi connectivity index (χ4v) is 2.95. The molecule has 1 saturated heterocycles. The number of aryl methyl sites for hydroxylation is 1. The Morgan fingerprint density at radius 2 is 1.81 bits per heavy atom. The topological polar surface area (TPSA) is 32.3 Å². The summed E-state index contributed by atoms with van der Waals surface area (Å²) < 4.78 is 0. The summed E-state index contributed by atoms with van der Waals surface area (Å²) in [5.41, 5.74) is 2.54. The number of rotatable bonds is 7. The van der Waals surface area contributed by atoms with E-state index in [1.54, 1.807) is 0 Å². The number of nitrogens with zero attached hydrogens (tertiary/aromatic N) is 1. The molecule has 0 aromatic heterocycles. The summed E-state index contributed by atoms with van der Waals surface area (Å²) >= 11 is 0. The van der Waals surface area contributed by atoms with E-state index in [0.717, 1.165) is 25.8 Å². The van der Waals surface area contributed by atoms with Gasteiger partial charge in [-0.05, 0) is 30.4 Å². The van der Waals surface area contributed by atoms with Crippen LogP contribution in [0.1, 0.15) is 63.7 Å². The Labute approximate surface area is 128 Å². The molecule has 3 heteroatoms. The fourth-order valence-electron chi connectivity index (χ4n) is 2.95. The van der Waals surface area contributed by atoms with Gasteiger partial charge in [0.1, 0.15) is 6.17 Å². The lowest BCUT2D eigenvalue weighted by Crippen LogP contribution is -2.31. The molecule has 2 rings (SSSR count). The van der Waals surface area contributed by atoms with Gasteiger partial charge in [0, 0.05) is 6.54 Å². The standard InChI is InChI=1S/C18H28N2O/c1-4-7-8-13-20-17(19-16(6-3)18(20)21)15-11-9-14(5-2)10-12-15/h9-12,16-17,19H,4-8,13H2,1-3H3. The van der Waals surface area contributed by atoms with Crippen molar-refractivity contribution in [2.45, 2.75) is 65.1 Å². The summed E-state index contributed by atoms with van der Waals surface area (Å²) in [7, 11) is 0. The van der Waals surface area contributed by atoms with Crippen LogP contribution in [-0.2, 0) is 11.2 Å². The largest absolute Gasteiger partial charge is 0.322 e. The van der Waals surface area contributed by atoms with E-state index in [-0.39, 0.29) is 18.1 Å². The van der Waals surface area contributed by atoms with E-state index in [1.807, 2.05) is 4.90 Å². The molecule has 0 aliphatic carbocycles. The van der Waals surface area contributed by atoms with E-state index in [1.165, 1.54) is 24.0 Å². The Balaban J connectivity index is 2.14. The van der Waals surface area contributed by atoms with E-state index in [4.69, 9.17) is 0 Å². The number of carbonyl (C=O) groups excluding carboxylic acids is 1. The minimum Gasteiger partial charge on any atom is -0.322 e. The van der Waals surface area contributed by atoms with Crippen LogP contribution in [-0.4, -0.2) is 23.4 Å². The summed E-state index contributed by atoms with van der Waals surface area (Å²) in [5.74, 6) is 0.262. The van der Waals surface area contributed by atoms with Gasteiger partial charge in [-0.15, -0.1) is 0 Å². The van der Waals surface area contributed by atoms with Crippen LogP contribution in [0.2, 0.25) is 0 Å². The molecule has 0 spiro atoms. The Morgan fingerprint density at radius 3 is 2.38 bits per heavy atom. The number of carbonyl (C=O) groups is 1. The molecule has 1 aromatic carbocycles. The quantitative estimate of drug-likeness (QED) is 0.777. The van der Waals surface area contributed by atoms with Gasteiger partial charge in [0.15, 0.2) is 0 Å². The summed E-state index contributed by atoms with van der Waals surface area (Å²) in [5, 5.41) is 3.50. The summed E-state index contributed by atoms with van der Waals surface area (Å²) in [6.45, 7) is 7.29. The molecule has 1 amide bonds. The van der Waals surface area contributed by atoms with E-state index < -0.39 is 0 Å². The summed E-state index contributed by atoms with van der Waals surface area (Å²) in [6.07, 6.45) is 5.40. The zero-order chi connectivity index (χ0) is 15.2. The van der Waals surface area contributed by atoms with Gasteiger partial charge in [-0.25, -0.2) is 0 Å². The van der Waals surface area contributed by atoms with Crippen molar-refractivity contribution in [3.05, 3.63) is 35.4 Å². The molecule has 1 heterocycles. The van der Waals surface area contributed by atoms with Gasteiger partial charge in [0.2, 0.25) is 5.91 Å². The van der Waals surface area contributed by atoms with E-state index in [9.17, 15) is 4.79 Å². The second kappa shape index (κ2) is 7.60. The summed E-state index contributed by atoms with van der Waals surface area (Å²) in [6, 6.07) is 8.64. The highest BCUT2D eigenvalue weighted by molar-refractivity contribution is 5.84. The lowest BCUT2D eigenvalue weighted by atomic mass is 10.1. The normalized spacial score (nSPS) is 22.0. The maximum Gasteiger partial charge on any atom is 0.241 e. The number of unbranched alkanes of at least 4 members (excludes halogenated alkanes) is 2. The lowest BCUT2D eigenvalue weighted by molar-refractivity contribution is -0.130. The van der Waals surface area contributed by atoms with Gasteiger partial charge in [0.25, 0.3) is 0 Å². The van der Waals surface area contributed by atoms with Crippen LogP contribution < -0.4 is 5.32 Å².